The molecule has 3 aromatic carbocycles. The van der Waals surface area contributed by atoms with E-state index in [4.69, 9.17) is 11.6 Å². The summed E-state index contributed by atoms with van der Waals surface area (Å²) in [7, 11) is -3.93. The van der Waals surface area contributed by atoms with E-state index in [0.29, 0.717) is 23.4 Å². The van der Waals surface area contributed by atoms with E-state index in [2.05, 4.69) is 5.32 Å². The Balaban J connectivity index is 1.46. The smallest absolute Gasteiger partial charge is 0.243 e. The van der Waals surface area contributed by atoms with E-state index >= 15 is 0 Å². The van der Waals surface area contributed by atoms with Gasteiger partial charge in [-0.05, 0) is 43.2 Å². The van der Waals surface area contributed by atoms with Crippen molar-refractivity contribution in [2.45, 2.75) is 23.8 Å². The molecule has 5 rings (SSSR count). The summed E-state index contributed by atoms with van der Waals surface area (Å²) in [6.45, 7) is 0.195. The van der Waals surface area contributed by atoms with Crippen LogP contribution in [0, 0.1) is 0 Å². The third-order valence-corrected chi connectivity index (χ3v) is 8.31. The number of halogens is 1. The van der Waals surface area contributed by atoms with Crippen LogP contribution < -0.4 is 5.32 Å². The van der Waals surface area contributed by atoms with Gasteiger partial charge in [0.2, 0.25) is 15.9 Å². The lowest BCUT2D eigenvalue weighted by Crippen LogP contribution is -2.43. The fourth-order valence-electron chi connectivity index (χ4n) is 4.50. The standard InChI is InChI=1S/C25H19ClN2O5S/c26-15-10-12-16(13-11-15)34(32,33)28-14-4-9-21(28)25(31)27-20-8-3-7-19-22(20)24(30)18-6-2-1-5-17(18)23(19)29/h1-3,5-8,10-13,21H,4,9,14H2,(H,27,31). The van der Waals surface area contributed by atoms with Crippen molar-refractivity contribution < 1.29 is 22.8 Å². The second kappa shape index (κ2) is 8.47. The van der Waals surface area contributed by atoms with Crippen molar-refractivity contribution in [1.82, 2.24) is 4.31 Å². The Morgan fingerprint density at radius 1 is 0.882 bits per heavy atom. The molecule has 1 N–H and O–H groups in total. The number of sulfonamides is 1. The minimum atomic E-state index is -3.93. The zero-order valence-electron chi connectivity index (χ0n) is 17.8. The van der Waals surface area contributed by atoms with Crippen LogP contribution in [0.3, 0.4) is 0 Å². The largest absolute Gasteiger partial charge is 0.324 e. The van der Waals surface area contributed by atoms with Crippen LogP contribution in [0.1, 0.15) is 44.7 Å². The summed E-state index contributed by atoms with van der Waals surface area (Å²) in [5, 5.41) is 3.12. The molecule has 1 atom stereocenters. The van der Waals surface area contributed by atoms with Gasteiger partial charge in [0.05, 0.1) is 16.1 Å². The van der Waals surface area contributed by atoms with Crippen LogP contribution in [-0.2, 0) is 14.8 Å². The van der Waals surface area contributed by atoms with Crippen LogP contribution in [0.25, 0.3) is 0 Å². The molecule has 0 spiro atoms. The van der Waals surface area contributed by atoms with Crippen LogP contribution in [0.4, 0.5) is 5.69 Å². The van der Waals surface area contributed by atoms with Gasteiger partial charge in [-0.2, -0.15) is 4.31 Å². The highest BCUT2D eigenvalue weighted by molar-refractivity contribution is 7.89. The van der Waals surface area contributed by atoms with E-state index < -0.39 is 22.0 Å². The summed E-state index contributed by atoms with van der Waals surface area (Å²) < 4.78 is 27.5. The first-order valence-corrected chi connectivity index (χ1v) is 12.5. The molecular formula is C25H19ClN2O5S. The monoisotopic (exact) mass is 494 g/mol. The van der Waals surface area contributed by atoms with Gasteiger partial charge < -0.3 is 5.32 Å². The lowest BCUT2D eigenvalue weighted by atomic mass is 9.83. The van der Waals surface area contributed by atoms with E-state index in [1.54, 1.807) is 42.5 Å². The molecule has 1 heterocycles. The summed E-state index contributed by atoms with van der Waals surface area (Å²) in [5.74, 6) is -1.21. The van der Waals surface area contributed by atoms with Gasteiger partial charge in [-0.1, -0.05) is 48.0 Å². The first-order valence-electron chi connectivity index (χ1n) is 10.7. The minimum Gasteiger partial charge on any atom is -0.324 e. The Morgan fingerprint density at radius 3 is 2.24 bits per heavy atom. The molecular weight excluding hydrogens is 476 g/mol. The molecule has 0 radical (unpaired) electrons. The third kappa shape index (κ3) is 3.64. The van der Waals surface area contributed by atoms with Gasteiger partial charge >= 0.3 is 0 Å². The normalized spacial score (nSPS) is 17.9. The van der Waals surface area contributed by atoms with Crippen molar-refractivity contribution in [2.24, 2.45) is 0 Å². The molecule has 1 unspecified atom stereocenters. The van der Waals surface area contributed by atoms with E-state index in [0.717, 1.165) is 0 Å². The number of carbonyl (C=O) groups is 3. The van der Waals surface area contributed by atoms with Crippen molar-refractivity contribution in [3.05, 3.63) is 94.0 Å². The molecule has 1 saturated heterocycles. The Morgan fingerprint density at radius 2 is 1.53 bits per heavy atom. The van der Waals surface area contributed by atoms with E-state index in [9.17, 15) is 22.8 Å². The third-order valence-electron chi connectivity index (χ3n) is 6.14. The van der Waals surface area contributed by atoms with Crippen molar-refractivity contribution in [1.29, 1.82) is 0 Å². The Kier molecular flexibility index (Phi) is 5.59. The average Bonchev–Trinajstić information content (AvgIpc) is 3.34. The van der Waals surface area contributed by atoms with E-state index in [1.165, 1.54) is 28.6 Å². The maximum Gasteiger partial charge on any atom is 0.243 e. The minimum absolute atomic E-state index is 0.0473. The van der Waals surface area contributed by atoms with Gasteiger partial charge in [0.15, 0.2) is 11.6 Å². The average molecular weight is 495 g/mol. The highest BCUT2D eigenvalue weighted by Gasteiger charge is 2.40. The van der Waals surface area contributed by atoms with Gasteiger partial charge in [-0.3, -0.25) is 14.4 Å². The molecule has 9 heteroatoms. The fourth-order valence-corrected chi connectivity index (χ4v) is 6.28. The number of fused-ring (bicyclic) bond motifs is 2. The predicted molar refractivity (Wildman–Crippen MR) is 127 cm³/mol. The van der Waals surface area contributed by atoms with Crippen molar-refractivity contribution in [2.75, 3.05) is 11.9 Å². The lowest BCUT2D eigenvalue weighted by Gasteiger charge is -2.25. The molecule has 172 valence electrons. The number of amides is 1. The molecule has 2 aliphatic rings. The number of nitrogens with one attached hydrogen (secondary N) is 1. The van der Waals surface area contributed by atoms with Crippen LogP contribution >= 0.6 is 11.6 Å². The molecule has 0 aromatic heterocycles. The first-order chi connectivity index (χ1) is 16.3. The number of hydrogen-bond donors (Lipinski definition) is 1. The number of rotatable bonds is 4. The second-order valence-corrected chi connectivity index (χ2v) is 10.5. The Labute approximate surface area is 201 Å². The second-order valence-electron chi connectivity index (χ2n) is 8.15. The first kappa shape index (κ1) is 22.5. The predicted octanol–water partition coefficient (Wildman–Crippen LogP) is 3.91. The summed E-state index contributed by atoms with van der Waals surface area (Å²) in [5.41, 5.74) is 1.10. The van der Waals surface area contributed by atoms with Crippen LogP contribution in [0.15, 0.2) is 71.6 Å². The number of nitrogens with zero attached hydrogens (tertiary/aromatic N) is 1. The van der Waals surface area contributed by atoms with Crippen LogP contribution in [0.5, 0.6) is 0 Å². The molecule has 0 bridgehead atoms. The summed E-state index contributed by atoms with van der Waals surface area (Å²) in [6, 6.07) is 16.0. The zero-order chi connectivity index (χ0) is 24.0. The van der Waals surface area contributed by atoms with Crippen LogP contribution in [0.2, 0.25) is 5.02 Å². The van der Waals surface area contributed by atoms with E-state index in [1.807, 2.05) is 0 Å². The van der Waals surface area contributed by atoms with Gasteiger partial charge in [-0.25, -0.2) is 8.42 Å². The van der Waals surface area contributed by atoms with E-state index in [-0.39, 0.29) is 45.4 Å². The van der Waals surface area contributed by atoms with Crippen LogP contribution in [-0.4, -0.2) is 42.8 Å². The summed E-state index contributed by atoms with van der Waals surface area (Å²) >= 11 is 5.88. The fraction of sp³-hybridized carbons (Fsp3) is 0.160. The lowest BCUT2D eigenvalue weighted by molar-refractivity contribution is -0.119. The Hall–Kier alpha value is -3.33. The van der Waals surface area contributed by atoms with Crippen molar-refractivity contribution in [3.8, 4) is 0 Å². The number of anilines is 1. The highest BCUT2D eigenvalue weighted by Crippen LogP contribution is 2.33. The summed E-state index contributed by atoms with van der Waals surface area (Å²) in [6.07, 6.45) is 0.853. The highest BCUT2D eigenvalue weighted by atomic mass is 35.5. The topological polar surface area (TPSA) is 101 Å². The Bertz CT molecular complexity index is 1450. The van der Waals surface area contributed by atoms with Crippen molar-refractivity contribution in [3.63, 3.8) is 0 Å². The summed E-state index contributed by atoms with van der Waals surface area (Å²) in [4.78, 5) is 39.4. The quantitative estimate of drug-likeness (QED) is 0.463. The number of benzene rings is 3. The molecule has 1 aliphatic heterocycles. The number of carbonyl (C=O) groups excluding carboxylic acids is 3. The molecule has 7 nitrogen and oxygen atoms in total. The SMILES string of the molecule is O=C1c2ccccc2C(=O)c2c(NC(=O)C3CCCN3S(=O)(=O)c3ccc(Cl)cc3)cccc21. The van der Waals surface area contributed by atoms with Crippen molar-refractivity contribution >= 4 is 44.8 Å². The number of ketones is 2. The molecule has 1 amide bonds. The molecule has 3 aromatic rings. The maximum absolute atomic E-state index is 13.2. The zero-order valence-corrected chi connectivity index (χ0v) is 19.4. The van der Waals surface area contributed by atoms with Gasteiger partial charge in [0, 0.05) is 28.3 Å². The van der Waals surface area contributed by atoms with Gasteiger partial charge in [-0.15, -0.1) is 0 Å². The molecule has 1 aliphatic carbocycles. The number of hydrogen-bond acceptors (Lipinski definition) is 5. The molecule has 0 saturated carbocycles. The molecule has 34 heavy (non-hydrogen) atoms. The maximum atomic E-state index is 13.2. The van der Waals surface area contributed by atoms with Gasteiger partial charge in [0.1, 0.15) is 6.04 Å². The molecule has 1 fully saturated rings. The van der Waals surface area contributed by atoms with Gasteiger partial charge in [0.25, 0.3) is 0 Å².